The number of amides is 1. The molecule has 2 aromatic heterocycles. The topological polar surface area (TPSA) is 79.8 Å². The lowest BCUT2D eigenvalue weighted by atomic mass is 10.1. The van der Waals surface area contributed by atoms with Crippen molar-refractivity contribution in [3.8, 4) is 0 Å². The fourth-order valence-electron chi connectivity index (χ4n) is 3.28. The average molecular weight is 360 g/mol. The van der Waals surface area contributed by atoms with Crippen LogP contribution >= 0.6 is 0 Å². The van der Waals surface area contributed by atoms with E-state index in [0.717, 1.165) is 22.0 Å². The summed E-state index contributed by atoms with van der Waals surface area (Å²) in [6.07, 6.45) is 1.44. The third-order valence-corrected chi connectivity index (χ3v) is 4.72. The minimum Gasteiger partial charge on any atom is -0.349 e. The second-order valence-corrected chi connectivity index (χ2v) is 6.78. The molecule has 6 heteroatoms. The summed E-state index contributed by atoms with van der Waals surface area (Å²) >= 11 is 0. The fraction of sp³-hybridized carbons (Fsp3) is 0.190. The van der Waals surface area contributed by atoms with Gasteiger partial charge in [-0.2, -0.15) is 0 Å². The number of carbonyl (C=O) groups excluding carboxylic acids is 1. The maximum Gasteiger partial charge on any atom is 0.278 e. The first-order valence-corrected chi connectivity index (χ1v) is 8.85. The van der Waals surface area contributed by atoms with E-state index >= 15 is 0 Å². The zero-order valence-electron chi connectivity index (χ0n) is 15.2. The van der Waals surface area contributed by atoms with Crippen molar-refractivity contribution in [3.63, 3.8) is 0 Å². The predicted molar refractivity (Wildman–Crippen MR) is 106 cm³/mol. The van der Waals surface area contributed by atoms with Crippen molar-refractivity contribution < 1.29 is 4.79 Å². The lowest BCUT2D eigenvalue weighted by Crippen LogP contribution is -2.34. The first-order chi connectivity index (χ1) is 13.0. The smallest absolute Gasteiger partial charge is 0.278 e. The molecule has 0 saturated carbocycles. The number of hydrogen-bond donors (Lipinski definition) is 2. The Hall–Kier alpha value is -3.41. The van der Waals surface area contributed by atoms with Crippen LogP contribution in [0, 0.1) is 6.92 Å². The first-order valence-electron chi connectivity index (χ1n) is 8.85. The van der Waals surface area contributed by atoms with Gasteiger partial charge in [-0.1, -0.05) is 42.0 Å². The first kappa shape index (κ1) is 17.0. The Morgan fingerprint density at radius 1 is 1.22 bits per heavy atom. The molecule has 2 heterocycles. The monoisotopic (exact) mass is 360 g/mol. The van der Waals surface area contributed by atoms with Gasteiger partial charge in [0.15, 0.2) is 0 Å². The third kappa shape index (κ3) is 3.21. The molecule has 27 heavy (non-hydrogen) atoms. The molecule has 0 aliphatic rings. The van der Waals surface area contributed by atoms with Gasteiger partial charge in [0.05, 0.1) is 12.4 Å². The molecule has 2 N–H and O–H groups in total. The summed E-state index contributed by atoms with van der Waals surface area (Å²) in [5.74, 6) is -0.235. The lowest BCUT2D eigenvalue weighted by molar-refractivity contribution is -0.122. The van der Waals surface area contributed by atoms with E-state index < -0.39 is 0 Å². The van der Waals surface area contributed by atoms with Crippen LogP contribution in [0.5, 0.6) is 0 Å². The normalized spacial score (nSPS) is 12.4. The number of nitrogens with zero attached hydrogens (tertiary/aromatic N) is 2. The van der Waals surface area contributed by atoms with E-state index in [1.165, 1.54) is 10.9 Å². The SMILES string of the molecule is Cc1ccc2[nH]c3c(=O)n(CC(=O)N[C@@H](C)c4ccccc4)cnc3c2c1. The number of aromatic amines is 1. The second kappa shape index (κ2) is 6.72. The van der Waals surface area contributed by atoms with E-state index in [4.69, 9.17) is 0 Å². The Morgan fingerprint density at radius 2 is 2.00 bits per heavy atom. The molecule has 6 nitrogen and oxygen atoms in total. The van der Waals surface area contributed by atoms with E-state index in [9.17, 15) is 9.59 Å². The van der Waals surface area contributed by atoms with Crippen molar-refractivity contribution in [2.75, 3.05) is 0 Å². The lowest BCUT2D eigenvalue weighted by Gasteiger charge is -2.14. The third-order valence-electron chi connectivity index (χ3n) is 4.72. The second-order valence-electron chi connectivity index (χ2n) is 6.78. The number of fused-ring (bicyclic) bond motifs is 3. The predicted octanol–water partition coefficient (Wildman–Crippen LogP) is 3.06. The highest BCUT2D eigenvalue weighted by Gasteiger charge is 2.14. The van der Waals surface area contributed by atoms with E-state index in [2.05, 4.69) is 15.3 Å². The van der Waals surface area contributed by atoms with Crippen molar-refractivity contribution in [2.24, 2.45) is 0 Å². The van der Waals surface area contributed by atoms with Gasteiger partial charge in [-0.15, -0.1) is 0 Å². The van der Waals surface area contributed by atoms with Gasteiger partial charge in [0.2, 0.25) is 5.91 Å². The van der Waals surface area contributed by atoms with Crippen molar-refractivity contribution in [2.45, 2.75) is 26.4 Å². The molecule has 0 radical (unpaired) electrons. The maximum atomic E-state index is 12.8. The molecule has 0 aliphatic heterocycles. The van der Waals surface area contributed by atoms with Gasteiger partial charge in [0.1, 0.15) is 17.6 Å². The van der Waals surface area contributed by atoms with Crippen LogP contribution in [0.15, 0.2) is 59.7 Å². The van der Waals surface area contributed by atoms with Crippen LogP contribution < -0.4 is 10.9 Å². The van der Waals surface area contributed by atoms with E-state index in [1.54, 1.807) is 0 Å². The van der Waals surface area contributed by atoms with E-state index in [-0.39, 0.29) is 24.1 Å². The summed E-state index contributed by atoms with van der Waals surface area (Å²) in [7, 11) is 0. The molecular weight excluding hydrogens is 340 g/mol. The van der Waals surface area contributed by atoms with Gasteiger partial charge in [-0.05, 0) is 31.5 Å². The summed E-state index contributed by atoms with van der Waals surface area (Å²) in [4.78, 5) is 32.7. The van der Waals surface area contributed by atoms with Crippen LogP contribution in [0.4, 0.5) is 0 Å². The fourth-order valence-corrected chi connectivity index (χ4v) is 3.28. The number of aryl methyl sites for hydroxylation is 1. The van der Waals surface area contributed by atoms with Gasteiger partial charge in [-0.25, -0.2) is 4.98 Å². The summed E-state index contributed by atoms with van der Waals surface area (Å²) in [6, 6.07) is 15.5. The van der Waals surface area contributed by atoms with Crippen molar-refractivity contribution >= 4 is 27.8 Å². The van der Waals surface area contributed by atoms with Crippen LogP contribution in [0.2, 0.25) is 0 Å². The minimum absolute atomic E-state index is 0.0761. The molecule has 0 saturated heterocycles. The molecule has 0 bridgehead atoms. The summed E-state index contributed by atoms with van der Waals surface area (Å²) in [5, 5.41) is 3.83. The van der Waals surface area contributed by atoms with Crippen LogP contribution in [0.1, 0.15) is 24.1 Å². The van der Waals surface area contributed by atoms with Crippen LogP contribution in [-0.2, 0) is 11.3 Å². The highest BCUT2D eigenvalue weighted by molar-refractivity contribution is 6.04. The Balaban J connectivity index is 1.60. The van der Waals surface area contributed by atoms with Gasteiger partial charge in [-0.3, -0.25) is 14.2 Å². The Labute approximate surface area is 155 Å². The van der Waals surface area contributed by atoms with Gasteiger partial charge in [0.25, 0.3) is 5.56 Å². The Kier molecular flexibility index (Phi) is 4.24. The van der Waals surface area contributed by atoms with E-state index in [0.29, 0.717) is 11.0 Å². The molecule has 1 atom stereocenters. The molecule has 4 aromatic rings. The van der Waals surface area contributed by atoms with Crippen molar-refractivity contribution in [1.82, 2.24) is 19.9 Å². The highest BCUT2D eigenvalue weighted by Crippen LogP contribution is 2.22. The number of carbonyl (C=O) groups is 1. The van der Waals surface area contributed by atoms with Crippen molar-refractivity contribution in [1.29, 1.82) is 0 Å². The molecule has 1 amide bonds. The number of hydrogen-bond acceptors (Lipinski definition) is 3. The molecule has 0 fully saturated rings. The molecule has 136 valence electrons. The molecule has 0 unspecified atom stereocenters. The average Bonchev–Trinajstić information content (AvgIpc) is 3.03. The van der Waals surface area contributed by atoms with Crippen molar-refractivity contribution in [3.05, 3.63) is 76.3 Å². The van der Waals surface area contributed by atoms with Crippen LogP contribution in [0.25, 0.3) is 21.9 Å². The van der Waals surface area contributed by atoms with Gasteiger partial charge < -0.3 is 10.3 Å². The van der Waals surface area contributed by atoms with Gasteiger partial charge >= 0.3 is 0 Å². The van der Waals surface area contributed by atoms with Gasteiger partial charge in [0, 0.05) is 10.9 Å². The molecule has 4 rings (SSSR count). The molecule has 0 spiro atoms. The standard InChI is InChI=1S/C21H20N4O2/c1-13-8-9-17-16(10-13)19-20(24-17)21(27)25(12-22-19)11-18(26)23-14(2)15-6-4-3-5-7-15/h3-10,12,14,24H,11H2,1-2H3,(H,23,26)/t14-/m0/s1. The zero-order valence-corrected chi connectivity index (χ0v) is 15.2. The summed E-state index contributed by atoms with van der Waals surface area (Å²) in [5.41, 5.74) is 3.77. The largest absolute Gasteiger partial charge is 0.349 e. The number of H-pyrrole nitrogens is 1. The zero-order chi connectivity index (χ0) is 19.0. The Bertz CT molecular complexity index is 1190. The molecule has 2 aromatic carbocycles. The summed E-state index contributed by atoms with van der Waals surface area (Å²) < 4.78 is 1.33. The molecule has 0 aliphatic carbocycles. The minimum atomic E-state index is -0.253. The number of benzene rings is 2. The number of rotatable bonds is 4. The number of nitrogens with one attached hydrogen (secondary N) is 2. The molecular formula is C21H20N4O2. The van der Waals surface area contributed by atoms with Crippen LogP contribution in [0.3, 0.4) is 0 Å². The highest BCUT2D eigenvalue weighted by atomic mass is 16.2. The van der Waals surface area contributed by atoms with E-state index in [1.807, 2.05) is 62.4 Å². The Morgan fingerprint density at radius 3 is 2.78 bits per heavy atom. The summed E-state index contributed by atoms with van der Waals surface area (Å²) in [6.45, 7) is 3.84. The quantitative estimate of drug-likeness (QED) is 0.587. The van der Waals surface area contributed by atoms with Crippen LogP contribution in [-0.4, -0.2) is 20.4 Å². The number of aromatic nitrogens is 3. The maximum absolute atomic E-state index is 12.8.